The maximum absolute atomic E-state index is 6.00. The van der Waals surface area contributed by atoms with E-state index in [0.717, 1.165) is 25.3 Å². The molecule has 1 aliphatic carbocycles. The Hall–Kier alpha value is -0.610. The third-order valence-corrected chi connectivity index (χ3v) is 3.83. The molecule has 1 fully saturated rings. The van der Waals surface area contributed by atoms with Crippen molar-refractivity contribution >= 4 is 11.6 Å². The molecule has 4 nitrogen and oxygen atoms in total. The van der Waals surface area contributed by atoms with Gasteiger partial charge in [0.15, 0.2) is 0 Å². The van der Waals surface area contributed by atoms with Crippen molar-refractivity contribution in [3.05, 3.63) is 12.2 Å². The highest BCUT2D eigenvalue weighted by atomic mass is 35.5. The van der Waals surface area contributed by atoms with E-state index in [-0.39, 0.29) is 5.54 Å². The number of rotatable bonds is 6. The summed E-state index contributed by atoms with van der Waals surface area (Å²) in [6.07, 6.45) is 6.34. The second kappa shape index (κ2) is 5.15. The zero-order valence-electron chi connectivity index (χ0n) is 9.75. The number of aromatic nitrogens is 3. The van der Waals surface area contributed by atoms with E-state index in [1.165, 1.54) is 19.3 Å². The summed E-state index contributed by atoms with van der Waals surface area (Å²) in [5, 5.41) is 7.74. The average molecular weight is 243 g/mol. The summed E-state index contributed by atoms with van der Waals surface area (Å²) in [6, 6.07) is 0. The number of nitrogens with one attached hydrogen (secondary N) is 1. The van der Waals surface area contributed by atoms with Crippen LogP contribution in [0.3, 0.4) is 0 Å². The average Bonchev–Trinajstić information content (AvgIpc) is 2.66. The Morgan fingerprint density at radius 3 is 2.94 bits per heavy atom. The summed E-state index contributed by atoms with van der Waals surface area (Å²) in [4.78, 5) is 4.28. The minimum absolute atomic E-state index is 0.157. The smallest absolute Gasteiger partial charge is 0.140 e. The second-order valence-corrected chi connectivity index (χ2v) is 4.79. The second-order valence-electron chi connectivity index (χ2n) is 4.52. The predicted molar refractivity (Wildman–Crippen MR) is 64.5 cm³/mol. The molecule has 1 aromatic heterocycles. The highest BCUT2D eigenvalue weighted by molar-refractivity contribution is 6.18. The van der Waals surface area contributed by atoms with Crippen LogP contribution in [0.15, 0.2) is 6.33 Å². The molecule has 90 valence electrons. The van der Waals surface area contributed by atoms with E-state index in [1.54, 1.807) is 6.33 Å². The molecule has 1 aliphatic rings. The molecule has 0 aromatic carbocycles. The maximum atomic E-state index is 6.00. The molecule has 0 aliphatic heterocycles. The van der Waals surface area contributed by atoms with Gasteiger partial charge in [-0.2, -0.15) is 5.10 Å². The molecule has 1 heterocycles. The van der Waals surface area contributed by atoms with Crippen LogP contribution >= 0.6 is 11.6 Å². The van der Waals surface area contributed by atoms with E-state index >= 15 is 0 Å². The lowest BCUT2D eigenvalue weighted by atomic mass is 9.78. The summed E-state index contributed by atoms with van der Waals surface area (Å²) in [6.45, 7) is 3.85. The molecule has 1 saturated carbocycles. The Labute approximate surface area is 101 Å². The molecule has 0 bridgehead atoms. The molecule has 2 rings (SSSR count). The third-order valence-electron chi connectivity index (χ3n) is 3.32. The summed E-state index contributed by atoms with van der Waals surface area (Å²) in [7, 11) is 0. The van der Waals surface area contributed by atoms with Gasteiger partial charge in [-0.1, -0.05) is 6.92 Å². The normalized spacial score (nSPS) is 18.4. The quantitative estimate of drug-likeness (QED) is 0.776. The molecule has 0 spiro atoms. The van der Waals surface area contributed by atoms with Crippen molar-refractivity contribution in [2.24, 2.45) is 0 Å². The molecule has 0 saturated heterocycles. The van der Waals surface area contributed by atoms with Gasteiger partial charge in [-0.15, -0.1) is 11.6 Å². The number of alkyl halides is 1. The third kappa shape index (κ3) is 2.38. The number of aryl methyl sites for hydroxylation is 1. The molecule has 0 radical (unpaired) electrons. The van der Waals surface area contributed by atoms with E-state index in [9.17, 15) is 0 Å². The topological polar surface area (TPSA) is 42.7 Å². The Bertz CT molecular complexity index is 327. The lowest BCUT2D eigenvalue weighted by Gasteiger charge is -2.41. The molecule has 5 heteroatoms. The van der Waals surface area contributed by atoms with Crippen LogP contribution in [0.1, 0.15) is 38.4 Å². The Kier molecular flexibility index (Phi) is 3.82. The molecule has 1 aromatic rings. The fourth-order valence-corrected chi connectivity index (χ4v) is 2.41. The first kappa shape index (κ1) is 11.9. The summed E-state index contributed by atoms with van der Waals surface area (Å²) < 4.78 is 1.97. The van der Waals surface area contributed by atoms with Gasteiger partial charge >= 0.3 is 0 Å². The van der Waals surface area contributed by atoms with Crippen molar-refractivity contribution in [2.45, 2.75) is 51.2 Å². The Morgan fingerprint density at radius 1 is 1.56 bits per heavy atom. The summed E-state index contributed by atoms with van der Waals surface area (Å²) in [5.41, 5.74) is 0.157. The first-order valence-electron chi connectivity index (χ1n) is 5.97. The van der Waals surface area contributed by atoms with Gasteiger partial charge in [0.1, 0.15) is 12.2 Å². The SMILES string of the molecule is CCCn1ncnc1CNC1(CCl)CCC1. The first-order valence-corrected chi connectivity index (χ1v) is 6.51. The van der Waals surface area contributed by atoms with Crippen LogP contribution in [-0.2, 0) is 13.1 Å². The maximum Gasteiger partial charge on any atom is 0.140 e. The van der Waals surface area contributed by atoms with E-state index in [2.05, 4.69) is 22.3 Å². The number of halogens is 1. The van der Waals surface area contributed by atoms with Gasteiger partial charge in [0.25, 0.3) is 0 Å². The Morgan fingerprint density at radius 2 is 2.38 bits per heavy atom. The van der Waals surface area contributed by atoms with Crippen LogP contribution < -0.4 is 5.32 Å². The lowest BCUT2D eigenvalue weighted by Crippen LogP contribution is -2.52. The predicted octanol–water partition coefficient (Wildman–Crippen LogP) is 1.94. The summed E-state index contributed by atoms with van der Waals surface area (Å²) >= 11 is 6.00. The van der Waals surface area contributed by atoms with Crippen LogP contribution in [-0.4, -0.2) is 26.2 Å². The van der Waals surface area contributed by atoms with Gasteiger partial charge in [0.05, 0.1) is 6.54 Å². The van der Waals surface area contributed by atoms with E-state index in [1.807, 2.05) is 4.68 Å². The van der Waals surface area contributed by atoms with E-state index in [4.69, 9.17) is 11.6 Å². The van der Waals surface area contributed by atoms with Crippen molar-refractivity contribution in [1.82, 2.24) is 20.1 Å². The van der Waals surface area contributed by atoms with Crippen LogP contribution in [0.25, 0.3) is 0 Å². The molecule has 0 unspecified atom stereocenters. The molecule has 0 amide bonds. The standard InChI is InChI=1S/C11H19ClN4/c1-2-6-16-10(13-9-15-16)7-14-11(8-12)4-3-5-11/h9,14H,2-8H2,1H3. The first-order chi connectivity index (χ1) is 7.79. The van der Waals surface area contributed by atoms with Crippen LogP contribution in [0.2, 0.25) is 0 Å². The zero-order valence-corrected chi connectivity index (χ0v) is 10.5. The highest BCUT2D eigenvalue weighted by Gasteiger charge is 2.35. The fourth-order valence-electron chi connectivity index (χ4n) is 2.05. The van der Waals surface area contributed by atoms with Crippen molar-refractivity contribution in [1.29, 1.82) is 0 Å². The zero-order chi connectivity index (χ0) is 11.4. The van der Waals surface area contributed by atoms with Crippen LogP contribution in [0, 0.1) is 0 Å². The van der Waals surface area contributed by atoms with Gasteiger partial charge in [0.2, 0.25) is 0 Å². The van der Waals surface area contributed by atoms with Gasteiger partial charge in [-0.3, -0.25) is 0 Å². The van der Waals surface area contributed by atoms with E-state index < -0.39 is 0 Å². The Balaban J connectivity index is 1.91. The summed E-state index contributed by atoms with van der Waals surface area (Å²) in [5.74, 6) is 1.70. The van der Waals surface area contributed by atoms with Crippen LogP contribution in [0.4, 0.5) is 0 Å². The molecular formula is C11H19ClN4. The van der Waals surface area contributed by atoms with Crippen molar-refractivity contribution in [3.63, 3.8) is 0 Å². The minimum Gasteiger partial charge on any atom is -0.303 e. The van der Waals surface area contributed by atoms with Crippen molar-refractivity contribution < 1.29 is 0 Å². The monoisotopic (exact) mass is 242 g/mol. The van der Waals surface area contributed by atoms with Crippen LogP contribution in [0.5, 0.6) is 0 Å². The van der Waals surface area contributed by atoms with E-state index in [0.29, 0.717) is 5.88 Å². The fraction of sp³-hybridized carbons (Fsp3) is 0.818. The van der Waals surface area contributed by atoms with Gasteiger partial charge in [0, 0.05) is 18.0 Å². The highest BCUT2D eigenvalue weighted by Crippen LogP contribution is 2.32. The van der Waals surface area contributed by atoms with Crippen molar-refractivity contribution in [2.75, 3.05) is 5.88 Å². The molecule has 0 atom stereocenters. The number of hydrogen-bond acceptors (Lipinski definition) is 3. The largest absolute Gasteiger partial charge is 0.303 e. The minimum atomic E-state index is 0.157. The lowest BCUT2D eigenvalue weighted by molar-refractivity contribution is 0.208. The van der Waals surface area contributed by atoms with Gasteiger partial charge in [-0.25, -0.2) is 9.67 Å². The molecule has 16 heavy (non-hydrogen) atoms. The van der Waals surface area contributed by atoms with Gasteiger partial charge in [-0.05, 0) is 25.7 Å². The molecular weight excluding hydrogens is 224 g/mol. The molecule has 1 N–H and O–H groups in total. The number of nitrogens with zero attached hydrogens (tertiary/aromatic N) is 3. The number of hydrogen-bond donors (Lipinski definition) is 1. The van der Waals surface area contributed by atoms with Gasteiger partial charge < -0.3 is 5.32 Å². The van der Waals surface area contributed by atoms with Crippen molar-refractivity contribution in [3.8, 4) is 0 Å².